The van der Waals surface area contributed by atoms with E-state index >= 15 is 0 Å². The van der Waals surface area contributed by atoms with Gasteiger partial charge in [0.15, 0.2) is 0 Å². The van der Waals surface area contributed by atoms with Crippen LogP contribution in [0.25, 0.3) is 21.8 Å². The zero-order chi connectivity index (χ0) is 23.0. The number of hydrogen-bond donors (Lipinski definition) is 0. The number of aryl methyl sites for hydroxylation is 1. The summed E-state index contributed by atoms with van der Waals surface area (Å²) < 4.78 is 29.8. The number of sulfonamides is 1. The number of benzene rings is 3. The van der Waals surface area contributed by atoms with E-state index in [1.165, 1.54) is 21.8 Å². The molecular weight excluding hydrogens is 430 g/mol. The summed E-state index contributed by atoms with van der Waals surface area (Å²) in [6, 6.07) is 21.7. The van der Waals surface area contributed by atoms with Gasteiger partial charge in [-0.05, 0) is 73.7 Å². The van der Waals surface area contributed by atoms with E-state index < -0.39 is 10.0 Å². The number of aliphatic imine (C=N–C) groups is 1. The van der Waals surface area contributed by atoms with Crippen molar-refractivity contribution in [2.45, 2.75) is 38.1 Å². The van der Waals surface area contributed by atoms with Gasteiger partial charge in [-0.25, -0.2) is 8.42 Å². The maximum atomic E-state index is 12.9. The maximum absolute atomic E-state index is 12.9. The molecule has 4 aromatic rings. The lowest BCUT2D eigenvalue weighted by molar-refractivity contribution is 0.288. The maximum Gasteiger partial charge on any atom is 0.243 e. The molecule has 3 aromatic carbocycles. The summed E-state index contributed by atoms with van der Waals surface area (Å²) >= 11 is 0. The fraction of sp³-hybridized carbons (Fsp3) is 0.296. The van der Waals surface area contributed by atoms with Crippen molar-refractivity contribution >= 4 is 43.7 Å². The minimum Gasteiger partial charge on any atom is -0.341 e. The number of aromatic nitrogens is 1. The molecule has 0 unspecified atom stereocenters. The molecule has 0 saturated carbocycles. The average molecular weight is 460 g/mol. The lowest BCUT2D eigenvalue weighted by Crippen LogP contribution is -2.37. The van der Waals surface area contributed by atoms with Crippen LogP contribution >= 0.6 is 0 Å². The summed E-state index contributed by atoms with van der Waals surface area (Å²) in [4.78, 5) is 4.93. The monoisotopic (exact) mass is 459 g/mol. The van der Waals surface area contributed by atoms with Crippen molar-refractivity contribution in [3.05, 3.63) is 72.3 Å². The van der Waals surface area contributed by atoms with Crippen molar-refractivity contribution in [1.29, 1.82) is 0 Å². The number of nitrogens with zero attached hydrogens (tertiary/aromatic N) is 3. The quantitative estimate of drug-likeness (QED) is 0.345. The summed E-state index contributed by atoms with van der Waals surface area (Å²) in [6.45, 7) is 6.46. The first kappa shape index (κ1) is 21.9. The Morgan fingerprint density at radius 1 is 0.939 bits per heavy atom. The number of fused-ring (bicyclic) bond motifs is 3. The molecule has 5 rings (SSSR count). The van der Waals surface area contributed by atoms with Crippen LogP contribution in [0.1, 0.15) is 32.3 Å². The summed E-state index contributed by atoms with van der Waals surface area (Å²) in [5, 5.41) is 2.46. The highest BCUT2D eigenvalue weighted by Gasteiger charge is 2.27. The van der Waals surface area contributed by atoms with Gasteiger partial charge in [0.2, 0.25) is 10.0 Å². The van der Waals surface area contributed by atoms with Gasteiger partial charge in [-0.2, -0.15) is 4.31 Å². The highest BCUT2D eigenvalue weighted by Crippen LogP contribution is 2.30. The van der Waals surface area contributed by atoms with Crippen LogP contribution in [0.5, 0.6) is 0 Å². The molecule has 0 bridgehead atoms. The Bertz CT molecular complexity index is 1430. The molecule has 1 aromatic heterocycles. The first-order valence-corrected chi connectivity index (χ1v) is 13.1. The lowest BCUT2D eigenvalue weighted by atomic mass is 10.0. The smallest absolute Gasteiger partial charge is 0.243 e. The summed E-state index contributed by atoms with van der Waals surface area (Å²) in [7, 11) is -3.44. The van der Waals surface area contributed by atoms with Crippen LogP contribution in [-0.4, -0.2) is 36.6 Å². The molecule has 0 spiro atoms. The number of rotatable bonds is 5. The normalized spacial score (nSPS) is 16.3. The van der Waals surface area contributed by atoms with Gasteiger partial charge in [0.25, 0.3) is 0 Å². The third-order valence-corrected chi connectivity index (χ3v) is 8.61. The standard InChI is InChI=1S/C27H29N3O2S/c1-3-30-26-7-5-4-6-24(26)25-18-21(8-13-27(25)30)19-28-22-9-11-23(12-10-22)33(31,32)29-16-14-20(2)15-17-29/h4-13,18-20H,3,14-17H2,1-2H3. The van der Waals surface area contributed by atoms with Crippen LogP contribution in [0.4, 0.5) is 5.69 Å². The van der Waals surface area contributed by atoms with Gasteiger partial charge < -0.3 is 4.57 Å². The van der Waals surface area contributed by atoms with Gasteiger partial charge in [-0.15, -0.1) is 0 Å². The van der Waals surface area contributed by atoms with E-state index in [1.807, 2.05) is 6.21 Å². The molecule has 1 fully saturated rings. The second-order valence-corrected chi connectivity index (χ2v) is 10.8. The Morgan fingerprint density at radius 3 is 2.36 bits per heavy atom. The van der Waals surface area contributed by atoms with Gasteiger partial charge in [-0.3, -0.25) is 4.99 Å². The minimum absolute atomic E-state index is 0.338. The van der Waals surface area contributed by atoms with Gasteiger partial charge in [0.05, 0.1) is 10.6 Å². The zero-order valence-electron chi connectivity index (χ0n) is 19.1. The Hall–Kier alpha value is -2.96. The van der Waals surface area contributed by atoms with Crippen LogP contribution < -0.4 is 0 Å². The highest BCUT2D eigenvalue weighted by atomic mass is 32.2. The average Bonchev–Trinajstić information content (AvgIpc) is 3.16. The molecule has 0 N–H and O–H groups in total. The predicted molar refractivity (Wildman–Crippen MR) is 136 cm³/mol. The minimum atomic E-state index is -3.44. The van der Waals surface area contributed by atoms with Crippen LogP contribution in [0.3, 0.4) is 0 Å². The van der Waals surface area contributed by atoms with E-state index in [0.29, 0.717) is 23.9 Å². The third kappa shape index (κ3) is 4.09. The van der Waals surface area contributed by atoms with E-state index in [-0.39, 0.29) is 0 Å². The molecule has 33 heavy (non-hydrogen) atoms. The van der Waals surface area contributed by atoms with Crippen molar-refractivity contribution in [1.82, 2.24) is 8.87 Å². The van der Waals surface area contributed by atoms with Crippen LogP contribution in [0.2, 0.25) is 0 Å². The Morgan fingerprint density at radius 2 is 1.64 bits per heavy atom. The van der Waals surface area contributed by atoms with Crippen LogP contribution in [-0.2, 0) is 16.6 Å². The Labute approximate surface area is 195 Å². The van der Waals surface area contributed by atoms with Crippen LogP contribution in [0.15, 0.2) is 76.6 Å². The van der Waals surface area contributed by atoms with E-state index in [0.717, 1.165) is 30.6 Å². The second-order valence-electron chi connectivity index (χ2n) is 8.88. The van der Waals surface area contributed by atoms with Crippen molar-refractivity contribution in [3.8, 4) is 0 Å². The van der Waals surface area contributed by atoms with Gasteiger partial charge in [0.1, 0.15) is 0 Å². The molecule has 0 radical (unpaired) electrons. The molecule has 1 aliphatic rings. The number of para-hydroxylation sites is 1. The molecule has 1 saturated heterocycles. The van der Waals surface area contributed by atoms with E-state index in [4.69, 9.17) is 0 Å². The molecule has 0 amide bonds. The summed E-state index contributed by atoms with van der Waals surface area (Å²) in [5.41, 5.74) is 4.21. The molecular formula is C27H29N3O2S. The van der Waals surface area contributed by atoms with Crippen molar-refractivity contribution < 1.29 is 8.42 Å². The molecule has 0 aliphatic carbocycles. The van der Waals surface area contributed by atoms with Gasteiger partial charge in [-0.1, -0.05) is 31.2 Å². The van der Waals surface area contributed by atoms with Crippen molar-refractivity contribution in [2.24, 2.45) is 10.9 Å². The summed E-state index contributed by atoms with van der Waals surface area (Å²) in [6.07, 6.45) is 3.68. The second kappa shape index (κ2) is 8.76. The fourth-order valence-electron chi connectivity index (χ4n) is 4.72. The highest BCUT2D eigenvalue weighted by molar-refractivity contribution is 7.89. The molecule has 170 valence electrons. The fourth-order valence-corrected chi connectivity index (χ4v) is 6.19. The largest absolute Gasteiger partial charge is 0.341 e. The molecule has 2 heterocycles. The Kier molecular flexibility index (Phi) is 5.81. The molecule has 6 heteroatoms. The predicted octanol–water partition coefficient (Wildman–Crippen LogP) is 5.99. The third-order valence-electron chi connectivity index (χ3n) is 6.69. The van der Waals surface area contributed by atoms with E-state index in [1.54, 1.807) is 28.6 Å². The Balaban J connectivity index is 1.39. The molecule has 5 nitrogen and oxygen atoms in total. The first-order chi connectivity index (χ1) is 16.0. The first-order valence-electron chi connectivity index (χ1n) is 11.6. The van der Waals surface area contributed by atoms with Gasteiger partial charge in [0, 0.05) is 47.7 Å². The SMILES string of the molecule is CCn1c2ccccc2c2cc(C=Nc3ccc(S(=O)(=O)N4CCC(C)CC4)cc3)ccc21. The van der Waals surface area contributed by atoms with Gasteiger partial charge >= 0.3 is 0 Å². The van der Waals surface area contributed by atoms with Crippen LogP contribution in [0, 0.1) is 5.92 Å². The number of hydrogen-bond acceptors (Lipinski definition) is 3. The topological polar surface area (TPSA) is 54.7 Å². The van der Waals surface area contributed by atoms with E-state index in [9.17, 15) is 8.42 Å². The van der Waals surface area contributed by atoms with Crippen molar-refractivity contribution in [2.75, 3.05) is 13.1 Å². The molecule has 1 aliphatic heterocycles. The molecule has 0 atom stereocenters. The zero-order valence-corrected chi connectivity index (χ0v) is 19.9. The van der Waals surface area contributed by atoms with E-state index in [2.05, 4.69) is 65.9 Å². The summed E-state index contributed by atoms with van der Waals surface area (Å²) in [5.74, 6) is 0.589. The lowest BCUT2D eigenvalue weighted by Gasteiger charge is -2.29. The number of piperidine rings is 1. The van der Waals surface area contributed by atoms with Crippen molar-refractivity contribution in [3.63, 3.8) is 0 Å².